The van der Waals surface area contributed by atoms with Crippen LogP contribution in [0.5, 0.6) is 0 Å². The first-order valence-corrected chi connectivity index (χ1v) is 6.44. The molecule has 1 aromatic carbocycles. The quantitative estimate of drug-likeness (QED) is 0.649. The molecule has 0 heterocycles. The Balaban J connectivity index is 2.86. The number of thioether (sulfide) groups is 1. The minimum absolute atomic E-state index is 0.0606. The number of benzene rings is 1. The Hall–Kier alpha value is -0.510. The van der Waals surface area contributed by atoms with Crippen LogP contribution in [0, 0.1) is 0 Å². The lowest BCUT2D eigenvalue weighted by atomic mass is 10.1. The molecule has 16 heavy (non-hydrogen) atoms. The molecule has 0 aliphatic rings. The maximum Gasteiger partial charge on any atom is 0.176 e. The number of hydrogen-bond acceptors (Lipinski definition) is 3. The van der Waals surface area contributed by atoms with Gasteiger partial charge < -0.3 is 5.32 Å². The zero-order chi connectivity index (χ0) is 12.1. The van der Waals surface area contributed by atoms with Crippen molar-refractivity contribution in [3.05, 3.63) is 28.8 Å². The molecule has 0 aliphatic heterocycles. The first kappa shape index (κ1) is 13.6. The molecule has 0 saturated heterocycles. The summed E-state index contributed by atoms with van der Waals surface area (Å²) in [6, 6.07) is 5.48. The lowest BCUT2D eigenvalue weighted by molar-refractivity contribution is 0.0993. The van der Waals surface area contributed by atoms with Crippen LogP contribution in [0.2, 0.25) is 5.02 Å². The van der Waals surface area contributed by atoms with E-state index in [2.05, 4.69) is 19.2 Å². The third kappa shape index (κ3) is 3.81. The maximum atomic E-state index is 11.6. The molecule has 0 unspecified atom stereocenters. The molecule has 4 heteroatoms. The number of hydrogen-bond donors (Lipinski definition) is 1. The van der Waals surface area contributed by atoms with Gasteiger partial charge in [-0.15, -0.1) is 11.8 Å². The summed E-state index contributed by atoms with van der Waals surface area (Å²) in [4.78, 5) is 12.6. The molecular formula is C12H16ClNOS. The van der Waals surface area contributed by atoms with E-state index in [4.69, 9.17) is 11.6 Å². The Morgan fingerprint density at radius 3 is 2.69 bits per heavy atom. The summed E-state index contributed by atoms with van der Waals surface area (Å²) in [7, 11) is 1.75. The SMILES string of the molecule is CNCC(=O)c1ccc(SC(C)C)c(Cl)c1. The fourth-order valence-electron chi connectivity index (χ4n) is 1.29. The van der Waals surface area contributed by atoms with Gasteiger partial charge in [-0.3, -0.25) is 4.79 Å². The van der Waals surface area contributed by atoms with Crippen LogP contribution in [0.1, 0.15) is 24.2 Å². The van der Waals surface area contributed by atoms with Crippen molar-refractivity contribution >= 4 is 29.1 Å². The Kier molecular flexibility index (Phi) is 5.32. The van der Waals surface area contributed by atoms with Crippen molar-refractivity contribution in [3.63, 3.8) is 0 Å². The number of rotatable bonds is 5. The smallest absolute Gasteiger partial charge is 0.176 e. The van der Waals surface area contributed by atoms with Crippen molar-refractivity contribution < 1.29 is 4.79 Å². The second-order valence-corrected chi connectivity index (χ2v) is 5.79. The fraction of sp³-hybridized carbons (Fsp3) is 0.417. The monoisotopic (exact) mass is 257 g/mol. The molecule has 0 aliphatic carbocycles. The van der Waals surface area contributed by atoms with Crippen molar-refractivity contribution in [1.82, 2.24) is 5.32 Å². The molecule has 1 rings (SSSR count). The first-order chi connectivity index (χ1) is 7.54. The summed E-state index contributed by atoms with van der Waals surface area (Å²) in [5.74, 6) is 0.0606. The van der Waals surface area contributed by atoms with Crippen LogP contribution in [0.15, 0.2) is 23.1 Å². The maximum absolute atomic E-state index is 11.6. The Morgan fingerprint density at radius 1 is 1.50 bits per heavy atom. The van der Waals surface area contributed by atoms with Crippen LogP contribution in [-0.4, -0.2) is 24.6 Å². The van der Waals surface area contributed by atoms with Gasteiger partial charge in [-0.05, 0) is 19.2 Å². The zero-order valence-corrected chi connectivity index (χ0v) is 11.3. The van der Waals surface area contributed by atoms with E-state index in [9.17, 15) is 4.79 Å². The number of Topliss-reactive ketones (excluding diaryl/α,β-unsaturated/α-hetero) is 1. The summed E-state index contributed by atoms with van der Waals surface area (Å²) < 4.78 is 0. The van der Waals surface area contributed by atoms with E-state index in [1.807, 2.05) is 12.1 Å². The van der Waals surface area contributed by atoms with Crippen molar-refractivity contribution in [2.45, 2.75) is 24.0 Å². The third-order valence-electron chi connectivity index (χ3n) is 1.95. The van der Waals surface area contributed by atoms with Crippen LogP contribution in [0.4, 0.5) is 0 Å². The van der Waals surface area contributed by atoms with Crippen molar-refractivity contribution in [2.75, 3.05) is 13.6 Å². The summed E-state index contributed by atoms with van der Waals surface area (Å²) in [6.45, 7) is 4.56. The van der Waals surface area contributed by atoms with E-state index in [1.165, 1.54) is 0 Å². The Labute approximate surface area is 106 Å². The number of halogens is 1. The van der Waals surface area contributed by atoms with Gasteiger partial charge in [-0.2, -0.15) is 0 Å². The molecule has 88 valence electrons. The van der Waals surface area contributed by atoms with E-state index in [-0.39, 0.29) is 5.78 Å². The molecule has 0 aromatic heterocycles. The standard InChI is InChI=1S/C12H16ClNOS/c1-8(2)16-12-5-4-9(6-10(12)13)11(15)7-14-3/h4-6,8,14H,7H2,1-3H3. The molecule has 1 N–H and O–H groups in total. The van der Waals surface area contributed by atoms with E-state index in [0.717, 1.165) is 4.90 Å². The van der Waals surface area contributed by atoms with Crippen LogP contribution < -0.4 is 5.32 Å². The Bertz CT molecular complexity index is 379. The first-order valence-electron chi connectivity index (χ1n) is 5.18. The minimum atomic E-state index is 0.0606. The highest BCUT2D eigenvalue weighted by Gasteiger charge is 2.09. The summed E-state index contributed by atoms with van der Waals surface area (Å²) in [5.41, 5.74) is 0.660. The highest BCUT2D eigenvalue weighted by Crippen LogP contribution is 2.30. The molecule has 0 amide bonds. The van der Waals surface area contributed by atoms with Crippen LogP contribution in [-0.2, 0) is 0 Å². The lowest BCUT2D eigenvalue weighted by Crippen LogP contribution is -2.18. The molecule has 0 spiro atoms. The number of carbonyl (C=O) groups excluding carboxylic acids is 1. The largest absolute Gasteiger partial charge is 0.313 e. The topological polar surface area (TPSA) is 29.1 Å². The minimum Gasteiger partial charge on any atom is -0.313 e. The number of likely N-dealkylation sites (N-methyl/N-ethyl adjacent to an activating group) is 1. The molecular weight excluding hydrogens is 242 g/mol. The molecule has 1 aromatic rings. The van der Waals surface area contributed by atoms with Gasteiger partial charge in [0.15, 0.2) is 5.78 Å². The summed E-state index contributed by atoms with van der Waals surface area (Å²) in [6.07, 6.45) is 0. The van der Waals surface area contributed by atoms with Gasteiger partial charge in [0.1, 0.15) is 0 Å². The normalized spacial score (nSPS) is 10.8. The van der Waals surface area contributed by atoms with E-state index >= 15 is 0 Å². The van der Waals surface area contributed by atoms with Crippen LogP contribution in [0.25, 0.3) is 0 Å². The van der Waals surface area contributed by atoms with Crippen molar-refractivity contribution in [3.8, 4) is 0 Å². The van der Waals surface area contributed by atoms with Gasteiger partial charge in [0.25, 0.3) is 0 Å². The van der Waals surface area contributed by atoms with Crippen molar-refractivity contribution in [1.29, 1.82) is 0 Å². The second-order valence-electron chi connectivity index (χ2n) is 3.77. The van der Waals surface area contributed by atoms with Gasteiger partial charge >= 0.3 is 0 Å². The third-order valence-corrected chi connectivity index (χ3v) is 3.46. The number of ketones is 1. The second kappa shape index (κ2) is 6.28. The highest BCUT2D eigenvalue weighted by atomic mass is 35.5. The average molecular weight is 258 g/mol. The average Bonchev–Trinajstić information content (AvgIpc) is 2.20. The summed E-state index contributed by atoms with van der Waals surface area (Å²) >= 11 is 7.82. The number of nitrogens with one attached hydrogen (secondary N) is 1. The Morgan fingerprint density at radius 2 is 2.19 bits per heavy atom. The molecule has 0 bridgehead atoms. The van der Waals surface area contributed by atoms with Gasteiger partial charge in [0, 0.05) is 15.7 Å². The zero-order valence-electron chi connectivity index (χ0n) is 9.71. The molecule has 0 fully saturated rings. The predicted molar refractivity (Wildman–Crippen MR) is 70.7 cm³/mol. The van der Waals surface area contributed by atoms with Gasteiger partial charge in [0.2, 0.25) is 0 Å². The molecule has 0 radical (unpaired) electrons. The van der Waals surface area contributed by atoms with E-state index in [0.29, 0.717) is 22.4 Å². The number of carbonyl (C=O) groups is 1. The van der Waals surface area contributed by atoms with Crippen LogP contribution >= 0.6 is 23.4 Å². The molecule has 0 saturated carbocycles. The predicted octanol–water partition coefficient (Wildman–Crippen LogP) is 3.24. The van der Waals surface area contributed by atoms with E-state index < -0.39 is 0 Å². The fourth-order valence-corrected chi connectivity index (χ4v) is 2.43. The van der Waals surface area contributed by atoms with Crippen molar-refractivity contribution in [2.24, 2.45) is 0 Å². The van der Waals surface area contributed by atoms with Crippen LogP contribution in [0.3, 0.4) is 0 Å². The van der Waals surface area contributed by atoms with E-state index in [1.54, 1.807) is 24.9 Å². The highest BCUT2D eigenvalue weighted by molar-refractivity contribution is 8.00. The van der Waals surface area contributed by atoms with Gasteiger partial charge in [-0.25, -0.2) is 0 Å². The van der Waals surface area contributed by atoms with Gasteiger partial charge in [-0.1, -0.05) is 31.5 Å². The molecule has 0 atom stereocenters. The van der Waals surface area contributed by atoms with Gasteiger partial charge in [0.05, 0.1) is 11.6 Å². The summed E-state index contributed by atoms with van der Waals surface area (Å²) in [5, 5.41) is 3.97. The molecule has 2 nitrogen and oxygen atoms in total. The lowest BCUT2D eigenvalue weighted by Gasteiger charge is -2.08.